The van der Waals surface area contributed by atoms with Gasteiger partial charge in [-0.05, 0) is 43.4 Å². The number of methoxy groups -OCH3 is 1. The fourth-order valence-corrected chi connectivity index (χ4v) is 5.98. The smallest absolute Gasteiger partial charge is 0.342 e. The number of ether oxygens (including phenoxy) is 2. The summed E-state index contributed by atoms with van der Waals surface area (Å²) in [5.74, 6) is -1.50. The van der Waals surface area contributed by atoms with Gasteiger partial charge in [0.25, 0.3) is 0 Å². The molecule has 26 heavy (non-hydrogen) atoms. The first-order chi connectivity index (χ1) is 12.0. The van der Waals surface area contributed by atoms with Crippen LogP contribution in [0.25, 0.3) is 0 Å². The number of allylic oxidation sites excluding steroid dienone is 1. The van der Waals surface area contributed by atoms with Crippen molar-refractivity contribution in [3.63, 3.8) is 0 Å². The molecule has 0 saturated carbocycles. The summed E-state index contributed by atoms with van der Waals surface area (Å²) in [6.45, 7) is 10.1. The lowest BCUT2D eigenvalue weighted by Crippen LogP contribution is -2.70. The van der Waals surface area contributed by atoms with Gasteiger partial charge in [0.05, 0.1) is 13.5 Å². The summed E-state index contributed by atoms with van der Waals surface area (Å²) in [5, 5.41) is 11.7. The van der Waals surface area contributed by atoms with Crippen LogP contribution in [-0.2, 0) is 19.1 Å². The van der Waals surface area contributed by atoms with Crippen molar-refractivity contribution in [2.24, 2.45) is 16.7 Å². The fourth-order valence-electron chi connectivity index (χ4n) is 5.98. The lowest BCUT2D eigenvalue weighted by molar-refractivity contribution is -0.231. The zero-order valence-corrected chi connectivity index (χ0v) is 16.9. The zero-order valence-electron chi connectivity index (χ0n) is 16.9. The third kappa shape index (κ3) is 2.19. The van der Waals surface area contributed by atoms with E-state index in [9.17, 15) is 14.7 Å². The van der Waals surface area contributed by atoms with E-state index in [-0.39, 0.29) is 17.8 Å². The fraction of sp³-hybridized carbons (Fsp3) is 0.810. The van der Waals surface area contributed by atoms with Gasteiger partial charge in [0.1, 0.15) is 0 Å². The summed E-state index contributed by atoms with van der Waals surface area (Å²) in [6.07, 6.45) is 4.44. The minimum atomic E-state index is -1.87. The molecule has 0 aromatic rings. The highest BCUT2D eigenvalue weighted by atomic mass is 16.6. The predicted octanol–water partition coefficient (Wildman–Crippen LogP) is 3.54. The molecule has 3 rings (SSSR count). The highest BCUT2D eigenvalue weighted by molar-refractivity contribution is 5.85. The van der Waals surface area contributed by atoms with Crippen molar-refractivity contribution in [1.82, 2.24) is 0 Å². The molecule has 0 aromatic heterocycles. The number of aliphatic hydroxyl groups is 1. The molecule has 5 heteroatoms. The van der Waals surface area contributed by atoms with Crippen LogP contribution in [0.4, 0.5) is 0 Å². The minimum Gasteiger partial charge on any atom is -0.467 e. The van der Waals surface area contributed by atoms with Crippen molar-refractivity contribution in [2.45, 2.75) is 84.3 Å². The van der Waals surface area contributed by atoms with Gasteiger partial charge < -0.3 is 14.6 Å². The topological polar surface area (TPSA) is 72.8 Å². The van der Waals surface area contributed by atoms with Crippen molar-refractivity contribution in [3.8, 4) is 0 Å². The van der Waals surface area contributed by atoms with E-state index in [1.54, 1.807) is 13.8 Å². The summed E-state index contributed by atoms with van der Waals surface area (Å²) in [4.78, 5) is 25.3. The van der Waals surface area contributed by atoms with Gasteiger partial charge in [0.2, 0.25) is 5.60 Å². The molecule has 3 aliphatic rings. The van der Waals surface area contributed by atoms with E-state index in [1.807, 2.05) is 6.92 Å². The third-order valence-corrected chi connectivity index (χ3v) is 7.43. The Balaban J connectivity index is 2.26. The monoisotopic (exact) mass is 364 g/mol. The second kappa shape index (κ2) is 5.82. The highest BCUT2D eigenvalue weighted by Gasteiger charge is 2.74. The van der Waals surface area contributed by atoms with Gasteiger partial charge in [-0.1, -0.05) is 45.8 Å². The SMILES string of the molecule is COC(=O)[C@@](O)(C(C)C)[C@@]12CCC3=C(CCCC3(C)C)[C@]1(C)CC(=O)O2. The molecule has 0 bridgehead atoms. The summed E-state index contributed by atoms with van der Waals surface area (Å²) in [5.41, 5.74) is -1.16. The number of hydrogen-bond acceptors (Lipinski definition) is 5. The van der Waals surface area contributed by atoms with Crippen molar-refractivity contribution in [3.05, 3.63) is 11.1 Å². The van der Waals surface area contributed by atoms with Gasteiger partial charge in [0, 0.05) is 5.41 Å². The van der Waals surface area contributed by atoms with Crippen LogP contribution >= 0.6 is 0 Å². The molecule has 3 atom stereocenters. The first kappa shape index (κ1) is 19.4. The first-order valence-corrected chi connectivity index (χ1v) is 9.72. The van der Waals surface area contributed by atoms with Crippen LogP contribution in [0.1, 0.15) is 73.1 Å². The molecule has 0 amide bonds. The lowest BCUT2D eigenvalue weighted by Gasteiger charge is -2.57. The Hall–Kier alpha value is -1.36. The van der Waals surface area contributed by atoms with Gasteiger partial charge in [0.15, 0.2) is 5.60 Å². The molecule has 5 nitrogen and oxygen atoms in total. The average Bonchev–Trinajstić information content (AvgIpc) is 2.84. The molecule has 0 aromatic carbocycles. The molecule has 0 unspecified atom stereocenters. The second-order valence-corrected chi connectivity index (χ2v) is 9.42. The Labute approximate surface area is 156 Å². The number of fused-ring (bicyclic) bond motifs is 2. The van der Waals surface area contributed by atoms with Gasteiger partial charge in [-0.2, -0.15) is 0 Å². The Morgan fingerprint density at radius 3 is 2.42 bits per heavy atom. The normalized spacial score (nSPS) is 35.5. The van der Waals surface area contributed by atoms with Crippen LogP contribution in [0.15, 0.2) is 11.1 Å². The van der Waals surface area contributed by atoms with Crippen molar-refractivity contribution in [1.29, 1.82) is 0 Å². The number of carbonyl (C=O) groups excluding carboxylic acids is 2. The van der Waals surface area contributed by atoms with Crippen LogP contribution < -0.4 is 0 Å². The Bertz CT molecular complexity index is 676. The molecule has 1 N–H and O–H groups in total. The van der Waals surface area contributed by atoms with Crippen LogP contribution in [0.5, 0.6) is 0 Å². The van der Waals surface area contributed by atoms with Gasteiger partial charge in [-0.3, -0.25) is 4.79 Å². The van der Waals surface area contributed by atoms with E-state index in [0.29, 0.717) is 6.42 Å². The Morgan fingerprint density at radius 1 is 1.19 bits per heavy atom. The number of rotatable bonds is 3. The molecule has 146 valence electrons. The average molecular weight is 364 g/mol. The van der Waals surface area contributed by atoms with Gasteiger partial charge in [-0.15, -0.1) is 0 Å². The molecule has 2 aliphatic carbocycles. The van der Waals surface area contributed by atoms with Crippen LogP contribution in [0, 0.1) is 16.7 Å². The number of esters is 2. The van der Waals surface area contributed by atoms with Crippen LogP contribution in [-0.4, -0.2) is 35.4 Å². The highest BCUT2D eigenvalue weighted by Crippen LogP contribution is 2.65. The maximum atomic E-state index is 12.8. The summed E-state index contributed by atoms with van der Waals surface area (Å²) < 4.78 is 10.9. The summed E-state index contributed by atoms with van der Waals surface area (Å²) >= 11 is 0. The molecule has 0 spiro atoms. The van der Waals surface area contributed by atoms with Gasteiger partial charge >= 0.3 is 11.9 Å². The minimum absolute atomic E-state index is 0.0790. The summed E-state index contributed by atoms with van der Waals surface area (Å²) in [6, 6.07) is 0. The van der Waals surface area contributed by atoms with E-state index in [1.165, 1.54) is 18.3 Å². The molecule has 1 fully saturated rings. The Kier molecular flexibility index (Phi) is 4.34. The molecule has 1 aliphatic heterocycles. The third-order valence-electron chi connectivity index (χ3n) is 7.43. The predicted molar refractivity (Wildman–Crippen MR) is 97.2 cm³/mol. The molecular weight excluding hydrogens is 332 g/mol. The Morgan fingerprint density at radius 2 is 1.85 bits per heavy atom. The van der Waals surface area contributed by atoms with Crippen LogP contribution in [0.3, 0.4) is 0 Å². The van der Waals surface area contributed by atoms with Crippen molar-refractivity contribution < 1.29 is 24.2 Å². The van der Waals surface area contributed by atoms with E-state index in [2.05, 4.69) is 13.8 Å². The molecule has 1 heterocycles. The molecule has 0 radical (unpaired) electrons. The van der Waals surface area contributed by atoms with Gasteiger partial charge in [-0.25, -0.2) is 4.79 Å². The van der Waals surface area contributed by atoms with E-state index in [0.717, 1.165) is 25.7 Å². The summed E-state index contributed by atoms with van der Waals surface area (Å²) in [7, 11) is 1.28. The van der Waals surface area contributed by atoms with Crippen molar-refractivity contribution in [2.75, 3.05) is 7.11 Å². The van der Waals surface area contributed by atoms with E-state index < -0.39 is 28.5 Å². The number of carbonyl (C=O) groups is 2. The van der Waals surface area contributed by atoms with Crippen LogP contribution in [0.2, 0.25) is 0 Å². The van der Waals surface area contributed by atoms with E-state index >= 15 is 0 Å². The maximum Gasteiger partial charge on any atom is 0.342 e. The number of hydrogen-bond donors (Lipinski definition) is 1. The molecular formula is C21H32O5. The zero-order chi connectivity index (χ0) is 19.5. The largest absolute Gasteiger partial charge is 0.467 e. The maximum absolute atomic E-state index is 12.8. The quantitative estimate of drug-likeness (QED) is 0.612. The lowest BCUT2D eigenvalue weighted by atomic mass is 9.49. The van der Waals surface area contributed by atoms with Crippen molar-refractivity contribution >= 4 is 11.9 Å². The second-order valence-electron chi connectivity index (χ2n) is 9.42. The van der Waals surface area contributed by atoms with E-state index in [4.69, 9.17) is 9.47 Å². The first-order valence-electron chi connectivity index (χ1n) is 9.72. The standard InChI is InChI=1S/C21H32O5/c1-13(2)21(24,17(23)25-6)20-11-9-14-15(8-7-10-18(14,3)4)19(20,5)12-16(22)26-20/h13,24H,7-12H2,1-6H3/t19-,20+,21-/m0/s1. The molecule has 1 saturated heterocycles.